The highest BCUT2D eigenvalue weighted by atomic mass is 16.4. The van der Waals surface area contributed by atoms with Crippen molar-refractivity contribution in [1.29, 1.82) is 0 Å². The maximum atomic E-state index is 12.3. The first kappa shape index (κ1) is 13.8. The lowest BCUT2D eigenvalue weighted by Crippen LogP contribution is -2.32. The number of aryl methyl sites for hydroxylation is 2. The average molecular weight is 276 g/mol. The Hall–Kier alpha value is -2.64. The first-order valence-corrected chi connectivity index (χ1v) is 6.13. The van der Waals surface area contributed by atoms with E-state index in [2.05, 4.69) is 15.2 Å². The normalized spacial score (nSPS) is 11.8. The lowest BCUT2D eigenvalue weighted by molar-refractivity contribution is 0.318. The summed E-state index contributed by atoms with van der Waals surface area (Å²) in [5.74, 6) is 0.468. The predicted octanol–water partition coefficient (Wildman–Crippen LogP) is -0.0891. The number of pyridine rings is 1. The van der Waals surface area contributed by atoms with Crippen molar-refractivity contribution < 1.29 is 5.21 Å². The minimum Gasteiger partial charge on any atom is -0.409 e. The second-order valence-corrected chi connectivity index (χ2v) is 4.26. The third-order valence-electron chi connectivity index (χ3n) is 3.07. The molecule has 0 bridgehead atoms. The van der Waals surface area contributed by atoms with Crippen LogP contribution in [0.25, 0.3) is 0 Å². The number of hydrogen-bond donors (Lipinski definition) is 2. The van der Waals surface area contributed by atoms with Gasteiger partial charge in [0.25, 0.3) is 5.56 Å². The molecule has 0 radical (unpaired) electrons. The number of nitrogens with two attached hydrogens (primary N) is 1. The quantitative estimate of drug-likeness (QED) is 0.351. The highest BCUT2D eigenvalue weighted by molar-refractivity contribution is 5.96. The summed E-state index contributed by atoms with van der Waals surface area (Å²) in [4.78, 5) is 16.5. The summed E-state index contributed by atoms with van der Waals surface area (Å²) >= 11 is 0. The van der Waals surface area contributed by atoms with Gasteiger partial charge in [-0.3, -0.25) is 4.79 Å². The van der Waals surface area contributed by atoms with Crippen LogP contribution in [0, 0.1) is 6.92 Å². The van der Waals surface area contributed by atoms with E-state index in [1.165, 1.54) is 17.0 Å². The lowest BCUT2D eigenvalue weighted by Gasteiger charge is -2.11. The zero-order valence-corrected chi connectivity index (χ0v) is 11.3. The van der Waals surface area contributed by atoms with Gasteiger partial charge in [0.2, 0.25) is 0 Å². The molecule has 0 aliphatic heterocycles. The van der Waals surface area contributed by atoms with Gasteiger partial charge in [0.15, 0.2) is 5.84 Å². The van der Waals surface area contributed by atoms with Crippen molar-refractivity contribution in [3.63, 3.8) is 0 Å². The Morgan fingerprint density at radius 1 is 1.50 bits per heavy atom. The molecule has 0 atom stereocenters. The van der Waals surface area contributed by atoms with E-state index in [9.17, 15) is 4.79 Å². The molecule has 0 saturated carbocycles. The van der Waals surface area contributed by atoms with Crippen LogP contribution < -0.4 is 11.3 Å². The Balaban J connectivity index is 2.49. The molecule has 2 heterocycles. The summed E-state index contributed by atoms with van der Waals surface area (Å²) in [7, 11) is 0. The van der Waals surface area contributed by atoms with Crippen molar-refractivity contribution in [2.75, 3.05) is 0 Å². The molecule has 106 valence electrons. The summed E-state index contributed by atoms with van der Waals surface area (Å²) < 4.78 is 3.23. The van der Waals surface area contributed by atoms with E-state index < -0.39 is 0 Å². The Morgan fingerprint density at radius 2 is 2.25 bits per heavy atom. The van der Waals surface area contributed by atoms with Crippen LogP contribution in [0.3, 0.4) is 0 Å². The van der Waals surface area contributed by atoms with Crippen LogP contribution in [0.2, 0.25) is 0 Å². The molecule has 0 unspecified atom stereocenters. The molecule has 2 aromatic rings. The topological polar surface area (TPSA) is 111 Å². The van der Waals surface area contributed by atoms with Crippen LogP contribution in [-0.4, -0.2) is 30.4 Å². The van der Waals surface area contributed by atoms with Gasteiger partial charge in [0, 0.05) is 12.2 Å². The van der Waals surface area contributed by atoms with Gasteiger partial charge in [-0.25, -0.2) is 9.67 Å². The molecule has 0 spiro atoms. The molecule has 0 aliphatic carbocycles. The largest absolute Gasteiger partial charge is 0.409 e. The first-order chi connectivity index (χ1) is 9.58. The Kier molecular flexibility index (Phi) is 3.83. The summed E-state index contributed by atoms with van der Waals surface area (Å²) in [6.45, 7) is 4.71. The number of oxime groups is 1. The van der Waals surface area contributed by atoms with Gasteiger partial charge in [-0.05, 0) is 26.0 Å². The number of amidine groups is 1. The highest BCUT2D eigenvalue weighted by Crippen LogP contribution is 2.03. The SMILES string of the molecule is CCn1ncnc1Cn1c(C)ccc(/C(N)=N/O)c1=O. The van der Waals surface area contributed by atoms with Crippen molar-refractivity contribution in [2.24, 2.45) is 10.9 Å². The second-order valence-electron chi connectivity index (χ2n) is 4.26. The van der Waals surface area contributed by atoms with Gasteiger partial charge in [-0.1, -0.05) is 5.16 Å². The molecule has 0 aliphatic rings. The molecule has 8 nitrogen and oxygen atoms in total. The van der Waals surface area contributed by atoms with Crippen molar-refractivity contribution >= 4 is 5.84 Å². The van der Waals surface area contributed by atoms with Crippen LogP contribution in [0.5, 0.6) is 0 Å². The maximum Gasteiger partial charge on any atom is 0.262 e. The highest BCUT2D eigenvalue weighted by Gasteiger charge is 2.12. The molecule has 0 aromatic carbocycles. The van der Waals surface area contributed by atoms with E-state index in [0.29, 0.717) is 12.4 Å². The number of nitrogens with zero attached hydrogens (tertiary/aromatic N) is 5. The second kappa shape index (κ2) is 5.55. The van der Waals surface area contributed by atoms with Gasteiger partial charge in [0.05, 0.1) is 12.1 Å². The third-order valence-corrected chi connectivity index (χ3v) is 3.07. The molecule has 0 amide bonds. The third kappa shape index (κ3) is 2.40. The van der Waals surface area contributed by atoms with E-state index >= 15 is 0 Å². The van der Waals surface area contributed by atoms with Gasteiger partial charge in [-0.15, -0.1) is 0 Å². The molecule has 0 fully saturated rings. The molecule has 20 heavy (non-hydrogen) atoms. The Labute approximate surface area is 115 Å². The molecule has 8 heteroatoms. The summed E-state index contributed by atoms with van der Waals surface area (Å²) in [5.41, 5.74) is 6.08. The Morgan fingerprint density at radius 3 is 2.90 bits per heavy atom. The van der Waals surface area contributed by atoms with E-state index in [-0.39, 0.29) is 23.5 Å². The minimum absolute atomic E-state index is 0.153. The molecule has 3 N–H and O–H groups in total. The van der Waals surface area contributed by atoms with Crippen LogP contribution in [0.4, 0.5) is 0 Å². The van der Waals surface area contributed by atoms with E-state index in [1.54, 1.807) is 10.7 Å². The fourth-order valence-corrected chi connectivity index (χ4v) is 1.93. The number of aromatic nitrogens is 4. The zero-order chi connectivity index (χ0) is 14.7. The number of rotatable bonds is 4. The first-order valence-electron chi connectivity index (χ1n) is 6.13. The van der Waals surface area contributed by atoms with Crippen molar-refractivity contribution in [2.45, 2.75) is 26.9 Å². The van der Waals surface area contributed by atoms with Crippen LogP contribution in [-0.2, 0) is 13.1 Å². The van der Waals surface area contributed by atoms with Crippen LogP contribution in [0.1, 0.15) is 24.0 Å². The Bertz CT molecular complexity index is 700. The van der Waals surface area contributed by atoms with Gasteiger partial charge >= 0.3 is 0 Å². The molecular formula is C12H16N6O2. The smallest absolute Gasteiger partial charge is 0.262 e. The van der Waals surface area contributed by atoms with Crippen LogP contribution >= 0.6 is 0 Å². The average Bonchev–Trinajstić information content (AvgIpc) is 2.90. The molecule has 2 aromatic heterocycles. The summed E-state index contributed by atoms with van der Waals surface area (Å²) in [5, 5.41) is 15.6. The number of hydrogen-bond acceptors (Lipinski definition) is 5. The predicted molar refractivity (Wildman–Crippen MR) is 72.7 cm³/mol. The monoisotopic (exact) mass is 276 g/mol. The lowest BCUT2D eigenvalue weighted by atomic mass is 10.2. The molecule has 0 saturated heterocycles. The van der Waals surface area contributed by atoms with E-state index in [0.717, 1.165) is 5.69 Å². The molecular weight excluding hydrogens is 260 g/mol. The van der Waals surface area contributed by atoms with Gasteiger partial charge < -0.3 is 15.5 Å². The van der Waals surface area contributed by atoms with Gasteiger partial charge in [0.1, 0.15) is 12.2 Å². The fourth-order valence-electron chi connectivity index (χ4n) is 1.93. The maximum absolute atomic E-state index is 12.3. The van der Waals surface area contributed by atoms with Crippen LogP contribution in [0.15, 0.2) is 28.4 Å². The summed E-state index contributed by atoms with van der Waals surface area (Å²) in [6.07, 6.45) is 1.45. The van der Waals surface area contributed by atoms with Crippen molar-refractivity contribution in [1.82, 2.24) is 19.3 Å². The van der Waals surface area contributed by atoms with Crippen molar-refractivity contribution in [3.8, 4) is 0 Å². The molecule has 2 rings (SSSR count). The van der Waals surface area contributed by atoms with E-state index in [4.69, 9.17) is 10.9 Å². The van der Waals surface area contributed by atoms with Gasteiger partial charge in [-0.2, -0.15) is 5.10 Å². The minimum atomic E-state index is -0.328. The fraction of sp³-hybridized carbons (Fsp3) is 0.333. The van der Waals surface area contributed by atoms with E-state index in [1.807, 2.05) is 13.8 Å². The van der Waals surface area contributed by atoms with Crippen molar-refractivity contribution in [3.05, 3.63) is 45.9 Å². The zero-order valence-electron chi connectivity index (χ0n) is 11.3. The summed E-state index contributed by atoms with van der Waals surface area (Å²) in [6, 6.07) is 3.27. The standard InChI is InChI=1S/C12H16N6O2/c1-3-18-10(14-7-15-18)6-17-8(2)4-5-9(12(17)19)11(13)16-20/h4-5,7,20H,3,6H2,1-2H3,(H2,13,16).